The summed E-state index contributed by atoms with van der Waals surface area (Å²) in [6.07, 6.45) is -0.541. The molecule has 16 heteroatoms. The number of aliphatic carboxylic acids is 1. The van der Waals surface area contributed by atoms with Crippen LogP contribution in [0.15, 0.2) is 48.5 Å². The molecule has 1 saturated heterocycles. The van der Waals surface area contributed by atoms with Crippen LogP contribution in [0.25, 0.3) is 0 Å². The third-order valence-electron chi connectivity index (χ3n) is 6.97. The third-order valence-corrected chi connectivity index (χ3v) is 6.97. The minimum absolute atomic E-state index is 0.0263. The highest BCUT2D eigenvalue weighted by atomic mass is 19.4. The molecular formula is C30H37F3N8O5. The predicted molar refractivity (Wildman–Crippen MR) is 163 cm³/mol. The van der Waals surface area contributed by atoms with E-state index < -0.39 is 42.6 Å². The van der Waals surface area contributed by atoms with Gasteiger partial charge >= 0.3 is 18.2 Å². The van der Waals surface area contributed by atoms with Crippen molar-refractivity contribution in [2.45, 2.75) is 44.4 Å². The number of carbonyl (C=O) groups is 2. The lowest BCUT2D eigenvalue weighted by Crippen LogP contribution is -2.42. The number of anilines is 3. The molecule has 0 radical (unpaired) electrons. The highest BCUT2D eigenvalue weighted by Gasteiger charge is 2.34. The smallest absolute Gasteiger partial charge is 0.422 e. The van der Waals surface area contributed by atoms with Crippen LogP contribution in [0.4, 0.5) is 30.8 Å². The number of carboxylic acids is 1. The lowest BCUT2D eigenvalue weighted by atomic mass is 10.0. The van der Waals surface area contributed by atoms with Gasteiger partial charge in [0.1, 0.15) is 5.75 Å². The first-order chi connectivity index (χ1) is 22.1. The van der Waals surface area contributed by atoms with Crippen molar-refractivity contribution in [2.24, 2.45) is 11.7 Å². The molecule has 0 spiro atoms. The Morgan fingerprint density at radius 1 is 0.935 bits per heavy atom. The summed E-state index contributed by atoms with van der Waals surface area (Å²) in [7, 11) is 0. The number of amides is 1. The number of hydrogen-bond acceptors (Lipinski definition) is 11. The average molecular weight is 647 g/mol. The number of aromatic nitrogens is 3. The van der Waals surface area contributed by atoms with E-state index in [0.29, 0.717) is 25.4 Å². The zero-order valence-corrected chi connectivity index (χ0v) is 25.0. The molecular weight excluding hydrogens is 609 g/mol. The van der Waals surface area contributed by atoms with Crippen molar-refractivity contribution in [1.82, 2.24) is 25.6 Å². The zero-order valence-electron chi connectivity index (χ0n) is 25.0. The molecule has 1 unspecified atom stereocenters. The number of nitrogens with two attached hydrogens (primary N) is 1. The van der Waals surface area contributed by atoms with Gasteiger partial charge in [0.15, 0.2) is 6.61 Å². The van der Waals surface area contributed by atoms with Gasteiger partial charge in [0.25, 0.3) is 5.91 Å². The first kappa shape index (κ1) is 34.2. The summed E-state index contributed by atoms with van der Waals surface area (Å²) in [5, 5.41) is 20.8. The molecule has 1 aliphatic rings. The largest absolute Gasteiger partial charge is 0.494 e. The minimum atomic E-state index is -4.60. The molecule has 0 saturated carbocycles. The van der Waals surface area contributed by atoms with Gasteiger partial charge in [-0.3, -0.25) is 9.59 Å². The fraction of sp³-hybridized carbons (Fsp3) is 0.433. The number of carboxylic acid groups (broad SMARTS) is 1. The second kappa shape index (κ2) is 16.6. The van der Waals surface area contributed by atoms with Crippen LogP contribution in [-0.4, -0.2) is 77.0 Å². The quantitative estimate of drug-likeness (QED) is 0.118. The third kappa shape index (κ3) is 11.0. The van der Waals surface area contributed by atoms with Gasteiger partial charge in [-0.15, -0.1) is 0 Å². The first-order valence-electron chi connectivity index (χ1n) is 14.8. The Kier molecular flexibility index (Phi) is 12.3. The van der Waals surface area contributed by atoms with Gasteiger partial charge in [0.05, 0.1) is 18.6 Å². The number of ether oxygens (including phenoxy) is 2. The maximum Gasteiger partial charge on any atom is 0.422 e. The Morgan fingerprint density at radius 2 is 1.65 bits per heavy atom. The molecule has 46 heavy (non-hydrogen) atoms. The lowest BCUT2D eigenvalue weighted by molar-refractivity contribution is -0.154. The van der Waals surface area contributed by atoms with Crippen molar-refractivity contribution < 1.29 is 37.3 Å². The van der Waals surface area contributed by atoms with Crippen molar-refractivity contribution in [3.63, 3.8) is 0 Å². The number of benzene rings is 2. The fourth-order valence-corrected chi connectivity index (χ4v) is 4.55. The Morgan fingerprint density at radius 3 is 2.35 bits per heavy atom. The van der Waals surface area contributed by atoms with Crippen LogP contribution in [0, 0.1) is 5.92 Å². The number of rotatable bonds is 17. The van der Waals surface area contributed by atoms with E-state index in [1.807, 2.05) is 24.3 Å². The zero-order chi connectivity index (χ0) is 32.9. The molecule has 2 aromatic carbocycles. The number of unbranched alkanes of at least 4 members (excludes halogenated alkanes) is 3. The molecule has 0 bridgehead atoms. The summed E-state index contributed by atoms with van der Waals surface area (Å²) >= 11 is 0. The van der Waals surface area contributed by atoms with Gasteiger partial charge in [-0.05, 0) is 61.3 Å². The Balaban J connectivity index is 1.37. The number of nitrogens with one attached hydrogen (secondary N) is 4. The number of carbonyl (C=O) groups excluding carboxylic acids is 1. The van der Waals surface area contributed by atoms with Gasteiger partial charge in [-0.1, -0.05) is 25.0 Å². The molecule has 3 aromatic rings. The molecule has 248 valence electrons. The topological polar surface area (TPSA) is 186 Å². The van der Waals surface area contributed by atoms with E-state index in [-0.39, 0.29) is 30.5 Å². The molecule has 4 rings (SSSR count). The van der Waals surface area contributed by atoms with E-state index >= 15 is 0 Å². The van der Waals surface area contributed by atoms with Gasteiger partial charge in [0, 0.05) is 30.9 Å². The summed E-state index contributed by atoms with van der Waals surface area (Å²) in [4.78, 5) is 36.2. The average Bonchev–Trinajstić information content (AvgIpc) is 3.50. The lowest BCUT2D eigenvalue weighted by Gasteiger charge is -2.16. The fourth-order valence-electron chi connectivity index (χ4n) is 4.55. The molecule has 2 heterocycles. The summed E-state index contributed by atoms with van der Waals surface area (Å²) in [5.41, 5.74) is 7.06. The summed E-state index contributed by atoms with van der Waals surface area (Å²) in [6, 6.07) is 12.4. The molecule has 1 amide bonds. The second-order valence-corrected chi connectivity index (χ2v) is 10.6. The molecule has 1 fully saturated rings. The molecule has 1 aromatic heterocycles. The van der Waals surface area contributed by atoms with Crippen LogP contribution in [-0.2, 0) is 11.3 Å². The normalized spacial score (nSPS) is 16.1. The summed E-state index contributed by atoms with van der Waals surface area (Å²) in [5.74, 6) is -1.57. The maximum absolute atomic E-state index is 12.8. The summed E-state index contributed by atoms with van der Waals surface area (Å²) < 4.78 is 49.0. The monoisotopic (exact) mass is 646 g/mol. The number of nitrogens with zero attached hydrogens (tertiary/aromatic N) is 3. The van der Waals surface area contributed by atoms with E-state index in [0.717, 1.165) is 37.0 Å². The number of alkyl halides is 3. The van der Waals surface area contributed by atoms with Gasteiger partial charge in [0.2, 0.25) is 11.9 Å². The second-order valence-electron chi connectivity index (χ2n) is 10.6. The summed E-state index contributed by atoms with van der Waals surface area (Å²) in [6.45, 7) is 0.558. The molecule has 7 N–H and O–H groups in total. The van der Waals surface area contributed by atoms with Crippen LogP contribution in [0.3, 0.4) is 0 Å². The van der Waals surface area contributed by atoms with Crippen molar-refractivity contribution in [3.8, 4) is 11.8 Å². The van der Waals surface area contributed by atoms with Gasteiger partial charge < -0.3 is 41.6 Å². The van der Waals surface area contributed by atoms with Crippen LogP contribution in [0.5, 0.6) is 11.8 Å². The van der Waals surface area contributed by atoms with Crippen LogP contribution in [0.1, 0.15) is 41.6 Å². The van der Waals surface area contributed by atoms with E-state index in [2.05, 4.69) is 36.2 Å². The number of hydrogen-bond donors (Lipinski definition) is 6. The van der Waals surface area contributed by atoms with Crippen molar-refractivity contribution >= 4 is 29.5 Å². The maximum atomic E-state index is 12.8. The van der Waals surface area contributed by atoms with E-state index in [1.54, 1.807) is 12.1 Å². The van der Waals surface area contributed by atoms with Gasteiger partial charge in [-0.25, -0.2) is 0 Å². The molecule has 2 atom stereocenters. The molecule has 1 aliphatic heterocycles. The molecule has 13 nitrogen and oxygen atoms in total. The Hall–Kier alpha value is -4.70. The van der Waals surface area contributed by atoms with E-state index in [4.69, 9.17) is 15.2 Å². The first-order valence-corrected chi connectivity index (χ1v) is 14.8. The van der Waals surface area contributed by atoms with Crippen molar-refractivity contribution in [1.29, 1.82) is 0 Å². The van der Waals surface area contributed by atoms with E-state index in [1.165, 1.54) is 12.1 Å². The molecule has 0 aliphatic carbocycles. The van der Waals surface area contributed by atoms with Crippen LogP contribution >= 0.6 is 0 Å². The van der Waals surface area contributed by atoms with Crippen molar-refractivity contribution in [2.75, 3.05) is 43.5 Å². The Bertz CT molecular complexity index is 1430. The van der Waals surface area contributed by atoms with E-state index in [9.17, 15) is 27.9 Å². The minimum Gasteiger partial charge on any atom is -0.494 e. The highest BCUT2D eigenvalue weighted by molar-refractivity contribution is 5.95. The van der Waals surface area contributed by atoms with Crippen molar-refractivity contribution in [3.05, 3.63) is 59.7 Å². The standard InChI is InChI=1S/C30H37F3N8O5/c31-30(32,33)18-46-29-40-27(36-15-19-5-11-22(12-6-19)45-14-4-2-1-3-13-34)39-28(41-29)37-21-9-7-20(8-10-21)25(42)38-24-17-35-16-23(24)26(43)44/h5-12,23-24,35H,1-4,13-18,34H2,(H,38,42)(H,43,44)(H2,36,37,39,40,41)/t23?,24-/m0/s1. The van der Waals surface area contributed by atoms with Crippen LogP contribution < -0.4 is 36.5 Å². The SMILES string of the molecule is NCCCCCCOc1ccc(CNc2nc(Nc3ccc(C(=O)N[C@H]4CNCC4C(=O)O)cc3)nc(OCC(F)(F)F)n2)cc1. The Labute approximate surface area is 263 Å². The van der Waals surface area contributed by atoms with Crippen LogP contribution in [0.2, 0.25) is 0 Å². The number of halogens is 3. The highest BCUT2D eigenvalue weighted by Crippen LogP contribution is 2.21. The predicted octanol–water partition coefficient (Wildman–Crippen LogP) is 3.47. The van der Waals surface area contributed by atoms with Gasteiger partial charge in [-0.2, -0.15) is 28.1 Å².